The fraction of sp³-hybridized carbons (Fsp3) is 0.194. The topological polar surface area (TPSA) is 43.3 Å². The number of amidine groups is 1. The highest BCUT2D eigenvalue weighted by Gasteiger charge is 2.17. The van der Waals surface area contributed by atoms with Crippen LogP contribution in [0.15, 0.2) is 102 Å². The minimum atomic E-state index is 0.605. The van der Waals surface area contributed by atoms with Crippen LogP contribution in [0.2, 0.25) is 5.02 Å². The molecule has 0 aliphatic rings. The Morgan fingerprint density at radius 3 is 1.82 bits per heavy atom. The Kier molecular flexibility index (Phi) is 9.96. The van der Waals surface area contributed by atoms with Gasteiger partial charge in [0, 0.05) is 23.9 Å². The summed E-state index contributed by atoms with van der Waals surface area (Å²) < 4.78 is 16.3. The van der Waals surface area contributed by atoms with Crippen molar-refractivity contribution in [3.8, 4) is 17.2 Å². The molecule has 0 amide bonds. The van der Waals surface area contributed by atoms with Gasteiger partial charge < -0.3 is 19.1 Å². The summed E-state index contributed by atoms with van der Waals surface area (Å²) in [5.74, 6) is 3.09. The van der Waals surface area contributed by atoms with E-state index < -0.39 is 0 Å². The van der Waals surface area contributed by atoms with Crippen LogP contribution in [-0.2, 0) is 18.8 Å². The lowest BCUT2D eigenvalue weighted by molar-refractivity contribution is 0.404. The summed E-state index contributed by atoms with van der Waals surface area (Å²) in [7, 11) is 4.99. The number of methoxy groups -OCH3 is 3. The van der Waals surface area contributed by atoms with Gasteiger partial charge >= 0.3 is 0 Å². The van der Waals surface area contributed by atoms with E-state index in [1.54, 1.807) is 33.1 Å². The van der Waals surface area contributed by atoms with Crippen LogP contribution in [0.4, 0.5) is 5.69 Å². The largest absolute Gasteiger partial charge is 0.497 e. The molecule has 0 spiro atoms. The lowest BCUT2D eigenvalue weighted by Gasteiger charge is -2.27. The molecule has 4 aromatic rings. The van der Waals surface area contributed by atoms with Crippen molar-refractivity contribution in [3.63, 3.8) is 0 Å². The highest BCUT2D eigenvalue weighted by Crippen LogP contribution is 2.33. The molecule has 0 saturated carbocycles. The molecule has 0 bridgehead atoms. The molecule has 4 aromatic carbocycles. The van der Waals surface area contributed by atoms with Gasteiger partial charge in [0.1, 0.15) is 22.9 Å². The Labute approximate surface area is 234 Å². The molecule has 38 heavy (non-hydrogen) atoms. The monoisotopic (exact) mass is 546 g/mol. The van der Waals surface area contributed by atoms with Gasteiger partial charge in [0.2, 0.25) is 0 Å². The molecule has 7 heteroatoms. The smallest absolute Gasteiger partial charge is 0.165 e. The van der Waals surface area contributed by atoms with Crippen molar-refractivity contribution in [1.82, 2.24) is 4.90 Å². The Balaban J connectivity index is 1.74. The average Bonchev–Trinajstić information content (AvgIpc) is 2.96. The number of thioether (sulfide) groups is 1. The van der Waals surface area contributed by atoms with E-state index in [1.165, 1.54) is 5.56 Å². The van der Waals surface area contributed by atoms with Gasteiger partial charge in [0.15, 0.2) is 5.17 Å². The van der Waals surface area contributed by atoms with E-state index in [4.69, 9.17) is 30.8 Å². The minimum absolute atomic E-state index is 0.605. The van der Waals surface area contributed by atoms with Crippen molar-refractivity contribution < 1.29 is 14.2 Å². The highest BCUT2D eigenvalue weighted by atomic mass is 35.5. The summed E-state index contributed by atoms with van der Waals surface area (Å²) in [6, 6.07) is 32.1. The number of rotatable bonds is 10. The van der Waals surface area contributed by atoms with E-state index in [1.807, 2.05) is 48.5 Å². The van der Waals surface area contributed by atoms with Crippen LogP contribution in [-0.4, -0.2) is 31.4 Å². The van der Waals surface area contributed by atoms with E-state index in [0.717, 1.165) is 33.5 Å². The van der Waals surface area contributed by atoms with Crippen LogP contribution in [0.3, 0.4) is 0 Å². The van der Waals surface area contributed by atoms with Crippen molar-refractivity contribution in [2.24, 2.45) is 4.99 Å². The predicted molar refractivity (Wildman–Crippen MR) is 158 cm³/mol. The number of halogens is 1. The summed E-state index contributed by atoms with van der Waals surface area (Å²) >= 11 is 8.04. The van der Waals surface area contributed by atoms with E-state index in [9.17, 15) is 0 Å². The maximum absolute atomic E-state index is 6.36. The van der Waals surface area contributed by atoms with Crippen molar-refractivity contribution in [2.45, 2.75) is 18.8 Å². The molecule has 0 fully saturated rings. The molecular formula is C31H31ClN2O3S. The van der Waals surface area contributed by atoms with Crippen LogP contribution < -0.4 is 14.2 Å². The molecule has 0 N–H and O–H groups in total. The van der Waals surface area contributed by atoms with Gasteiger partial charge in [-0.05, 0) is 59.2 Å². The molecule has 0 radical (unpaired) electrons. The number of ether oxygens (including phenoxy) is 3. The van der Waals surface area contributed by atoms with Crippen molar-refractivity contribution in [2.75, 3.05) is 21.3 Å². The lowest BCUT2D eigenvalue weighted by atomic mass is 10.1. The summed E-state index contributed by atoms with van der Waals surface area (Å²) in [6.45, 7) is 1.30. The number of nitrogens with zero attached hydrogens (tertiary/aromatic N) is 2. The second-order valence-corrected chi connectivity index (χ2v) is 9.92. The van der Waals surface area contributed by atoms with Gasteiger partial charge in [-0.2, -0.15) is 0 Å². The van der Waals surface area contributed by atoms with Gasteiger partial charge in [-0.1, -0.05) is 78.0 Å². The fourth-order valence-corrected chi connectivity index (χ4v) is 4.99. The lowest BCUT2D eigenvalue weighted by Crippen LogP contribution is -2.28. The van der Waals surface area contributed by atoms with Crippen LogP contribution in [0, 0.1) is 0 Å². The maximum atomic E-state index is 6.36. The first-order valence-corrected chi connectivity index (χ1v) is 13.5. The van der Waals surface area contributed by atoms with Crippen molar-refractivity contribution in [3.05, 3.63) is 119 Å². The molecule has 0 aliphatic heterocycles. The maximum Gasteiger partial charge on any atom is 0.165 e. The highest BCUT2D eigenvalue weighted by molar-refractivity contribution is 8.13. The summed E-state index contributed by atoms with van der Waals surface area (Å²) in [5.41, 5.74) is 4.19. The zero-order chi connectivity index (χ0) is 26.7. The molecule has 0 unspecified atom stereocenters. The molecule has 196 valence electrons. The molecule has 0 heterocycles. The minimum Gasteiger partial charge on any atom is -0.497 e. The zero-order valence-corrected chi connectivity index (χ0v) is 23.3. The third kappa shape index (κ3) is 7.70. The second kappa shape index (κ2) is 13.8. The predicted octanol–water partition coefficient (Wildman–Crippen LogP) is 7.99. The summed E-state index contributed by atoms with van der Waals surface area (Å²) in [5, 5.41) is 1.47. The van der Waals surface area contributed by atoms with E-state index in [-0.39, 0.29) is 0 Å². The SMILES string of the molecule is COc1ccc(CN(Cc2ccc(OC)cc2)C(=Nc2cc(Cl)ccc2OC)SCc2ccccc2)cc1. The molecule has 0 aromatic heterocycles. The Morgan fingerprint density at radius 1 is 0.711 bits per heavy atom. The summed E-state index contributed by atoms with van der Waals surface area (Å²) in [4.78, 5) is 7.39. The van der Waals surface area contributed by atoms with Crippen LogP contribution in [0.1, 0.15) is 16.7 Å². The molecule has 0 saturated heterocycles. The van der Waals surface area contributed by atoms with Crippen LogP contribution in [0.25, 0.3) is 0 Å². The number of benzene rings is 4. The second-order valence-electron chi connectivity index (χ2n) is 8.54. The Morgan fingerprint density at radius 2 is 1.29 bits per heavy atom. The summed E-state index contributed by atoms with van der Waals surface area (Å²) in [6.07, 6.45) is 0. The normalized spacial score (nSPS) is 11.2. The Hall–Kier alpha value is -3.61. The molecular weight excluding hydrogens is 516 g/mol. The standard InChI is InChI=1S/C31H31ClN2O3S/c1-35-27-14-9-23(10-15-27)20-34(21-24-11-16-28(36-2)17-12-24)31(38-22-25-7-5-4-6-8-25)33-29-19-26(32)13-18-30(29)37-3/h4-19H,20-22H2,1-3H3. The number of aliphatic imine (C=N–C) groups is 1. The number of hydrogen-bond acceptors (Lipinski definition) is 5. The van der Waals surface area contributed by atoms with Gasteiger partial charge in [0.05, 0.1) is 21.3 Å². The zero-order valence-electron chi connectivity index (χ0n) is 21.8. The third-order valence-electron chi connectivity index (χ3n) is 5.90. The van der Waals surface area contributed by atoms with Crippen LogP contribution >= 0.6 is 23.4 Å². The number of hydrogen-bond donors (Lipinski definition) is 0. The van der Waals surface area contributed by atoms with Crippen LogP contribution in [0.5, 0.6) is 17.2 Å². The molecule has 4 rings (SSSR count). The third-order valence-corrected chi connectivity index (χ3v) is 7.22. The quantitative estimate of drug-likeness (QED) is 0.149. The van der Waals surface area contributed by atoms with Crippen molar-refractivity contribution >= 4 is 34.2 Å². The first-order chi connectivity index (χ1) is 18.6. The van der Waals surface area contributed by atoms with Gasteiger partial charge in [-0.25, -0.2) is 4.99 Å². The first kappa shape index (κ1) is 27.4. The van der Waals surface area contributed by atoms with E-state index >= 15 is 0 Å². The average molecular weight is 547 g/mol. The van der Waals surface area contributed by atoms with Crippen molar-refractivity contribution in [1.29, 1.82) is 0 Å². The van der Waals surface area contributed by atoms with Gasteiger partial charge in [0.25, 0.3) is 0 Å². The fourth-order valence-electron chi connectivity index (χ4n) is 3.86. The molecule has 0 atom stereocenters. The Bertz CT molecular complexity index is 1280. The molecule has 0 aliphatic carbocycles. The van der Waals surface area contributed by atoms with Gasteiger partial charge in [-0.15, -0.1) is 0 Å². The first-order valence-electron chi connectivity index (χ1n) is 12.2. The van der Waals surface area contributed by atoms with E-state index in [0.29, 0.717) is 29.5 Å². The molecule has 5 nitrogen and oxygen atoms in total. The van der Waals surface area contributed by atoms with Gasteiger partial charge in [-0.3, -0.25) is 0 Å². The van der Waals surface area contributed by atoms with E-state index in [2.05, 4.69) is 53.4 Å².